The SMILES string of the molecule is COC(=O)CC(c1cc(OC)c(OC(C)=O)c(OC)c1)c1oc(C)cc(=O)c1O. The van der Waals surface area contributed by atoms with Gasteiger partial charge in [0.15, 0.2) is 17.3 Å². The van der Waals surface area contributed by atoms with Crippen LogP contribution in [0.2, 0.25) is 0 Å². The number of esters is 2. The Morgan fingerprint density at radius 3 is 2.17 bits per heavy atom. The minimum Gasteiger partial charge on any atom is -0.502 e. The van der Waals surface area contributed by atoms with Crippen molar-refractivity contribution in [3.05, 3.63) is 45.5 Å². The zero-order chi connectivity index (χ0) is 21.7. The van der Waals surface area contributed by atoms with Crippen molar-refractivity contribution in [2.45, 2.75) is 26.2 Å². The maximum Gasteiger partial charge on any atom is 0.308 e. The van der Waals surface area contributed by atoms with Crippen LogP contribution in [0.25, 0.3) is 0 Å². The quantitative estimate of drug-likeness (QED) is 0.545. The predicted octanol–water partition coefficient (Wildman–Crippen LogP) is 2.29. The van der Waals surface area contributed by atoms with E-state index in [1.54, 1.807) is 6.92 Å². The van der Waals surface area contributed by atoms with Crippen LogP contribution >= 0.6 is 0 Å². The van der Waals surface area contributed by atoms with Gasteiger partial charge in [-0.2, -0.15) is 0 Å². The molecule has 1 N–H and O–H groups in total. The first-order chi connectivity index (χ1) is 13.7. The fraction of sp³-hybridized carbons (Fsp3) is 0.350. The van der Waals surface area contributed by atoms with Crippen molar-refractivity contribution in [3.8, 4) is 23.0 Å². The summed E-state index contributed by atoms with van der Waals surface area (Å²) in [5.41, 5.74) is -0.238. The molecule has 0 bridgehead atoms. The van der Waals surface area contributed by atoms with E-state index >= 15 is 0 Å². The normalized spacial score (nSPS) is 11.5. The summed E-state index contributed by atoms with van der Waals surface area (Å²) in [6, 6.07) is 4.13. The Hall–Kier alpha value is -3.49. The second kappa shape index (κ2) is 9.13. The average Bonchev–Trinajstić information content (AvgIpc) is 2.68. The first kappa shape index (κ1) is 21.8. The van der Waals surface area contributed by atoms with E-state index in [-0.39, 0.29) is 35.2 Å². The molecule has 0 aliphatic carbocycles. The molecule has 0 saturated carbocycles. The molecule has 29 heavy (non-hydrogen) atoms. The second-order valence-corrected chi connectivity index (χ2v) is 6.12. The lowest BCUT2D eigenvalue weighted by molar-refractivity contribution is -0.141. The Kier molecular flexibility index (Phi) is 6.87. The molecule has 9 nitrogen and oxygen atoms in total. The monoisotopic (exact) mass is 406 g/mol. The predicted molar refractivity (Wildman–Crippen MR) is 101 cm³/mol. The van der Waals surface area contributed by atoms with E-state index in [2.05, 4.69) is 0 Å². The van der Waals surface area contributed by atoms with Crippen LogP contribution in [0, 0.1) is 6.92 Å². The Labute approximate surface area is 166 Å². The summed E-state index contributed by atoms with van der Waals surface area (Å²) in [6.45, 7) is 2.77. The van der Waals surface area contributed by atoms with Crippen molar-refractivity contribution in [1.29, 1.82) is 0 Å². The van der Waals surface area contributed by atoms with Gasteiger partial charge in [-0.25, -0.2) is 0 Å². The Bertz CT molecular complexity index is 949. The highest BCUT2D eigenvalue weighted by Crippen LogP contribution is 2.43. The summed E-state index contributed by atoms with van der Waals surface area (Å²) in [6.07, 6.45) is -0.240. The van der Waals surface area contributed by atoms with Gasteiger partial charge in [-0.1, -0.05) is 0 Å². The number of carbonyl (C=O) groups excluding carboxylic acids is 2. The van der Waals surface area contributed by atoms with E-state index in [4.69, 9.17) is 23.4 Å². The summed E-state index contributed by atoms with van der Waals surface area (Å²) in [5, 5.41) is 10.3. The third-order valence-electron chi connectivity index (χ3n) is 4.12. The van der Waals surface area contributed by atoms with Gasteiger partial charge in [0.05, 0.1) is 33.7 Å². The van der Waals surface area contributed by atoms with E-state index in [9.17, 15) is 19.5 Å². The smallest absolute Gasteiger partial charge is 0.308 e. The van der Waals surface area contributed by atoms with Crippen molar-refractivity contribution in [3.63, 3.8) is 0 Å². The molecule has 0 fully saturated rings. The number of hydrogen-bond donors (Lipinski definition) is 1. The average molecular weight is 406 g/mol. The third-order valence-corrected chi connectivity index (χ3v) is 4.12. The lowest BCUT2D eigenvalue weighted by Gasteiger charge is -2.20. The minimum atomic E-state index is -0.899. The molecule has 1 aromatic heterocycles. The third kappa shape index (κ3) is 4.87. The van der Waals surface area contributed by atoms with Gasteiger partial charge in [0.2, 0.25) is 16.9 Å². The summed E-state index contributed by atoms with van der Waals surface area (Å²) in [7, 11) is 3.95. The van der Waals surface area contributed by atoms with Crippen LogP contribution in [-0.4, -0.2) is 38.4 Å². The van der Waals surface area contributed by atoms with Gasteiger partial charge in [-0.3, -0.25) is 14.4 Å². The molecule has 156 valence electrons. The Morgan fingerprint density at radius 1 is 1.10 bits per heavy atom. The van der Waals surface area contributed by atoms with Crippen LogP contribution in [0.4, 0.5) is 0 Å². The standard InChI is InChI=1S/C20H22O9/c1-10-6-14(22)18(24)19(28-10)13(9-17(23)27-5)12-7-15(25-3)20(29-11(2)21)16(8-12)26-4/h6-8,13,24H,9H2,1-5H3. The van der Waals surface area contributed by atoms with Crippen LogP contribution < -0.4 is 19.6 Å². The highest BCUT2D eigenvalue weighted by Gasteiger charge is 2.29. The van der Waals surface area contributed by atoms with Gasteiger partial charge < -0.3 is 28.5 Å². The number of methoxy groups -OCH3 is 3. The summed E-state index contributed by atoms with van der Waals surface area (Å²) < 4.78 is 26.1. The van der Waals surface area contributed by atoms with Gasteiger partial charge >= 0.3 is 11.9 Å². The molecule has 1 heterocycles. The summed E-state index contributed by atoms with van der Waals surface area (Å²) >= 11 is 0. The van der Waals surface area contributed by atoms with Crippen molar-refractivity contribution < 1.29 is 38.1 Å². The number of benzene rings is 1. The van der Waals surface area contributed by atoms with Gasteiger partial charge in [0.1, 0.15) is 5.76 Å². The van der Waals surface area contributed by atoms with Crippen LogP contribution in [0.1, 0.15) is 36.3 Å². The fourth-order valence-corrected chi connectivity index (χ4v) is 2.82. The van der Waals surface area contributed by atoms with Crippen LogP contribution in [0.3, 0.4) is 0 Å². The van der Waals surface area contributed by atoms with E-state index in [0.717, 1.165) is 6.07 Å². The lowest BCUT2D eigenvalue weighted by Crippen LogP contribution is -2.14. The first-order valence-electron chi connectivity index (χ1n) is 8.56. The molecule has 0 aliphatic heterocycles. The zero-order valence-electron chi connectivity index (χ0n) is 16.7. The molecule has 1 aromatic carbocycles. The second-order valence-electron chi connectivity index (χ2n) is 6.12. The van der Waals surface area contributed by atoms with Gasteiger partial charge in [-0.15, -0.1) is 0 Å². The zero-order valence-corrected chi connectivity index (χ0v) is 16.7. The maximum atomic E-state index is 12.0. The highest BCUT2D eigenvalue weighted by atomic mass is 16.6. The lowest BCUT2D eigenvalue weighted by atomic mass is 9.91. The fourth-order valence-electron chi connectivity index (χ4n) is 2.82. The molecule has 0 aliphatic rings. The molecule has 1 atom stereocenters. The molecule has 2 aromatic rings. The van der Waals surface area contributed by atoms with Crippen LogP contribution in [-0.2, 0) is 14.3 Å². The largest absolute Gasteiger partial charge is 0.502 e. The topological polar surface area (TPSA) is 122 Å². The summed E-state index contributed by atoms with van der Waals surface area (Å²) in [4.78, 5) is 35.5. The van der Waals surface area contributed by atoms with E-state index in [1.165, 1.54) is 40.4 Å². The van der Waals surface area contributed by atoms with Crippen LogP contribution in [0.15, 0.2) is 27.4 Å². The van der Waals surface area contributed by atoms with E-state index in [0.29, 0.717) is 5.56 Å². The molecular weight excluding hydrogens is 384 g/mol. The molecule has 9 heteroatoms. The molecule has 2 rings (SSSR count). The molecule has 0 spiro atoms. The number of hydrogen-bond acceptors (Lipinski definition) is 9. The Balaban J connectivity index is 2.73. The maximum absolute atomic E-state index is 12.0. The van der Waals surface area contributed by atoms with Crippen LogP contribution in [0.5, 0.6) is 23.0 Å². The number of rotatable bonds is 7. The number of aryl methyl sites for hydroxylation is 1. The van der Waals surface area contributed by atoms with Crippen molar-refractivity contribution in [1.82, 2.24) is 0 Å². The van der Waals surface area contributed by atoms with Gasteiger partial charge in [-0.05, 0) is 24.6 Å². The van der Waals surface area contributed by atoms with Crippen molar-refractivity contribution in [2.75, 3.05) is 21.3 Å². The number of ether oxygens (including phenoxy) is 4. The molecule has 0 radical (unpaired) electrons. The van der Waals surface area contributed by atoms with E-state index in [1.807, 2.05) is 0 Å². The van der Waals surface area contributed by atoms with E-state index < -0.39 is 29.0 Å². The van der Waals surface area contributed by atoms with Crippen molar-refractivity contribution >= 4 is 11.9 Å². The summed E-state index contributed by atoms with van der Waals surface area (Å²) in [5.74, 6) is -2.19. The first-order valence-corrected chi connectivity index (χ1v) is 8.56. The minimum absolute atomic E-state index is 0.0537. The van der Waals surface area contributed by atoms with Gasteiger partial charge in [0.25, 0.3) is 0 Å². The molecular formula is C20H22O9. The molecule has 0 amide bonds. The highest BCUT2D eigenvalue weighted by molar-refractivity contribution is 5.74. The molecule has 1 unspecified atom stereocenters. The van der Waals surface area contributed by atoms with Gasteiger partial charge in [0, 0.05) is 13.0 Å². The van der Waals surface area contributed by atoms with Crippen molar-refractivity contribution in [2.24, 2.45) is 0 Å². The number of carbonyl (C=O) groups is 2. The molecule has 0 saturated heterocycles. The number of aromatic hydroxyl groups is 1. The Morgan fingerprint density at radius 2 is 1.69 bits per heavy atom.